The molecule has 0 aliphatic rings. The second kappa shape index (κ2) is 49.3. The Morgan fingerprint density at radius 1 is 0.600 bits per heavy atom. The third kappa shape index (κ3) is 29.8. The molecule has 0 N–H and O–H groups in total. The summed E-state index contributed by atoms with van der Waals surface area (Å²) in [4.78, 5) is 0. The zero-order chi connectivity index (χ0) is 0. The third-order valence-corrected chi connectivity index (χ3v) is 0. The van der Waals surface area contributed by atoms with Gasteiger partial charge in [-0.05, 0) is 0 Å². The van der Waals surface area contributed by atoms with Crippen LogP contribution in [-0.4, -0.2) is 0 Å². The van der Waals surface area contributed by atoms with Gasteiger partial charge >= 0.3 is 26.2 Å². The van der Waals surface area contributed by atoms with Crippen molar-refractivity contribution >= 4 is 0 Å². The average Bonchev–Trinajstić information content (AvgIpc) is 0. The molecule has 0 spiro atoms. The Morgan fingerprint density at radius 2 is 0.600 bits per heavy atom. The summed E-state index contributed by atoms with van der Waals surface area (Å²) in [5, 5.41) is 0. The van der Waals surface area contributed by atoms with Crippen LogP contribution in [0.4, 0.5) is 0 Å². The zero-order valence-corrected chi connectivity index (χ0v) is 8.05. The van der Waals surface area contributed by atoms with E-state index in [0.717, 1.165) is 0 Å². The van der Waals surface area contributed by atoms with Crippen molar-refractivity contribution in [2.75, 3.05) is 0 Å². The molecule has 0 aromatic carbocycles. The first-order chi connectivity index (χ1) is 0. The minimum atomic E-state index is 0. The summed E-state index contributed by atoms with van der Waals surface area (Å²) < 4.78 is 0. The van der Waals surface area contributed by atoms with Crippen molar-refractivity contribution in [1.29, 1.82) is 0 Å². The zero-order valence-electron chi connectivity index (χ0n) is 3.85. The molecule has 0 fully saturated rings. The van der Waals surface area contributed by atoms with E-state index in [1.165, 1.54) is 0 Å². The van der Waals surface area contributed by atoms with E-state index in [1.54, 1.807) is 0 Å². The quantitative estimate of drug-likeness (QED) is 0.441. The largest absolute Gasteiger partial charge is 3.00 e. The summed E-state index contributed by atoms with van der Waals surface area (Å²) in [7, 11) is 0. The SMILES string of the molecule is [CH3-].[CH3-].[CH3-].[Ru].[Zr+3]. The van der Waals surface area contributed by atoms with Crippen molar-refractivity contribution in [2.24, 2.45) is 0 Å². The minimum absolute atomic E-state index is 0. The van der Waals surface area contributed by atoms with Crippen LogP contribution in [0.5, 0.6) is 0 Å². The first-order valence-electron chi connectivity index (χ1n) is 0. The molecular formula is C3H9RuZr. The van der Waals surface area contributed by atoms with E-state index in [9.17, 15) is 0 Å². The van der Waals surface area contributed by atoms with E-state index in [-0.39, 0.29) is 68.0 Å². The third-order valence-electron chi connectivity index (χ3n) is 0. The van der Waals surface area contributed by atoms with Crippen LogP contribution in [0.2, 0.25) is 0 Å². The van der Waals surface area contributed by atoms with E-state index in [0.29, 0.717) is 0 Å². The molecule has 0 bridgehead atoms. The van der Waals surface area contributed by atoms with Crippen LogP contribution in [0.15, 0.2) is 0 Å². The van der Waals surface area contributed by atoms with Crippen LogP contribution in [0.1, 0.15) is 0 Å². The first kappa shape index (κ1) is 86.9. The Morgan fingerprint density at radius 3 is 0.600 bits per heavy atom. The predicted molar refractivity (Wildman–Crippen MR) is 19.2 cm³/mol. The maximum atomic E-state index is 0. The smallest absolute Gasteiger partial charge is 0.358 e. The molecule has 0 nitrogen and oxygen atoms in total. The molecule has 0 saturated heterocycles. The first-order valence-corrected chi connectivity index (χ1v) is 0. The van der Waals surface area contributed by atoms with Crippen molar-refractivity contribution in [3.63, 3.8) is 0 Å². The standard InChI is InChI=1S/3CH3.Ru.Zr/h3*1H3;;/q3*-1;;+3. The molecule has 0 aliphatic heterocycles. The van der Waals surface area contributed by atoms with E-state index >= 15 is 0 Å². The van der Waals surface area contributed by atoms with Gasteiger partial charge in [0.2, 0.25) is 0 Å². The number of hydrogen-bond acceptors (Lipinski definition) is 0. The second-order valence-corrected chi connectivity index (χ2v) is 0. The Hall–Kier alpha value is 1.51. The van der Waals surface area contributed by atoms with Gasteiger partial charge in [0, 0.05) is 19.5 Å². The molecule has 0 unspecified atom stereocenters. The Balaban J connectivity index is 0. The molecule has 0 rings (SSSR count). The molecule has 5 heavy (non-hydrogen) atoms. The number of hydrogen-bond donors (Lipinski definition) is 0. The molecule has 0 aromatic heterocycles. The van der Waals surface area contributed by atoms with Gasteiger partial charge in [0.15, 0.2) is 0 Å². The summed E-state index contributed by atoms with van der Waals surface area (Å²) >= 11 is 0. The average molecular weight is 237 g/mol. The monoisotopic (exact) mass is 237 g/mol. The molecule has 0 amide bonds. The van der Waals surface area contributed by atoms with E-state index in [1.807, 2.05) is 0 Å². The fraction of sp³-hybridized carbons (Fsp3) is 0. The van der Waals surface area contributed by atoms with Gasteiger partial charge in [0.05, 0.1) is 0 Å². The van der Waals surface area contributed by atoms with Crippen molar-refractivity contribution in [3.8, 4) is 0 Å². The van der Waals surface area contributed by atoms with Crippen molar-refractivity contribution in [1.82, 2.24) is 0 Å². The van der Waals surface area contributed by atoms with Crippen LogP contribution < -0.4 is 0 Å². The predicted octanol–water partition coefficient (Wildman–Crippen LogP) is 1.35. The number of rotatable bonds is 0. The van der Waals surface area contributed by atoms with Gasteiger partial charge in [-0.15, -0.1) is 0 Å². The van der Waals surface area contributed by atoms with Gasteiger partial charge in [-0.2, -0.15) is 0 Å². The van der Waals surface area contributed by atoms with Crippen molar-refractivity contribution < 1.29 is 45.7 Å². The molecule has 0 aliphatic carbocycles. The molecule has 0 atom stereocenters. The molecule has 33 valence electrons. The van der Waals surface area contributed by atoms with E-state index in [4.69, 9.17) is 0 Å². The molecular weight excluding hydrogens is 228 g/mol. The topological polar surface area (TPSA) is 0 Å². The Kier molecular flexibility index (Phi) is 857. The van der Waals surface area contributed by atoms with Crippen LogP contribution in [-0.2, 0) is 45.7 Å². The molecule has 2 heteroatoms. The van der Waals surface area contributed by atoms with Gasteiger partial charge in [-0.3, -0.25) is 0 Å². The minimum Gasteiger partial charge on any atom is -0.358 e. The normalized spacial score (nSPS) is 0. The summed E-state index contributed by atoms with van der Waals surface area (Å²) in [5.41, 5.74) is 0. The molecule has 0 aromatic rings. The van der Waals surface area contributed by atoms with Crippen molar-refractivity contribution in [3.05, 3.63) is 22.3 Å². The van der Waals surface area contributed by atoms with Gasteiger partial charge in [0.25, 0.3) is 0 Å². The second-order valence-electron chi connectivity index (χ2n) is 0. The van der Waals surface area contributed by atoms with Crippen LogP contribution in [0.3, 0.4) is 0 Å². The Labute approximate surface area is 67.6 Å². The van der Waals surface area contributed by atoms with Crippen LogP contribution in [0.25, 0.3) is 0 Å². The van der Waals surface area contributed by atoms with E-state index < -0.39 is 0 Å². The summed E-state index contributed by atoms with van der Waals surface area (Å²) in [6.45, 7) is 0. The fourth-order valence-electron chi connectivity index (χ4n) is 0. The van der Waals surface area contributed by atoms with Gasteiger partial charge < -0.3 is 22.3 Å². The van der Waals surface area contributed by atoms with Crippen molar-refractivity contribution in [2.45, 2.75) is 0 Å². The molecule has 0 saturated carbocycles. The fourth-order valence-corrected chi connectivity index (χ4v) is 0. The van der Waals surface area contributed by atoms with Gasteiger partial charge in [-0.25, -0.2) is 0 Å². The van der Waals surface area contributed by atoms with Crippen LogP contribution >= 0.6 is 0 Å². The van der Waals surface area contributed by atoms with Gasteiger partial charge in [-0.1, -0.05) is 0 Å². The van der Waals surface area contributed by atoms with Crippen LogP contribution in [0, 0.1) is 22.3 Å². The maximum Gasteiger partial charge on any atom is 3.00 e. The maximum absolute atomic E-state index is 0. The Bertz CT molecular complexity index is 6.85. The summed E-state index contributed by atoms with van der Waals surface area (Å²) in [6, 6.07) is 0. The summed E-state index contributed by atoms with van der Waals surface area (Å²) in [5.74, 6) is 0. The van der Waals surface area contributed by atoms with E-state index in [2.05, 4.69) is 0 Å². The molecule has 1 radical (unpaired) electrons. The van der Waals surface area contributed by atoms with Gasteiger partial charge in [0.1, 0.15) is 0 Å². The summed E-state index contributed by atoms with van der Waals surface area (Å²) in [6.07, 6.45) is 0. The molecule has 0 heterocycles.